The molecule has 0 saturated carbocycles. The Morgan fingerprint density at radius 2 is 2.10 bits per heavy atom. The van der Waals surface area contributed by atoms with Gasteiger partial charge in [0, 0.05) is 16.0 Å². The maximum Gasteiger partial charge on any atom is 0.317 e. The molecule has 0 radical (unpaired) electrons. The van der Waals surface area contributed by atoms with Crippen LogP contribution in [0.25, 0.3) is 11.3 Å². The highest BCUT2D eigenvalue weighted by Crippen LogP contribution is 2.28. The normalized spacial score (nSPS) is 9.70. The predicted octanol–water partition coefficient (Wildman–Crippen LogP) is 2.62. The molecule has 4 nitrogen and oxygen atoms in total. The number of carbonyl (C=O) groups excluding carboxylic acids is 1. The second-order valence-electron chi connectivity index (χ2n) is 4.09. The minimum atomic E-state index is -0.331. The van der Waals surface area contributed by atoms with Crippen LogP contribution in [0.1, 0.15) is 16.9 Å². The average Bonchev–Trinajstić information content (AvgIpc) is 2.78. The van der Waals surface area contributed by atoms with Crippen molar-refractivity contribution in [3.05, 3.63) is 34.7 Å². The van der Waals surface area contributed by atoms with Crippen LogP contribution >= 0.6 is 11.3 Å². The van der Waals surface area contributed by atoms with Crippen LogP contribution in [0.15, 0.2) is 24.3 Å². The largest absolute Gasteiger partial charge is 0.468 e. The van der Waals surface area contributed by atoms with Crippen molar-refractivity contribution in [3.8, 4) is 23.1 Å². The standard InChI is InChI=1S/C15H14N2O2S/c1-10-14(17-15(16)20-10)12-8-6-11(7-9-12)4-3-5-13(18)19-2/h6-9H,5H2,1-2H3,(H2,16,17). The number of benzene rings is 1. The van der Waals surface area contributed by atoms with E-state index < -0.39 is 0 Å². The molecule has 1 heterocycles. The number of nitrogens with two attached hydrogens (primary N) is 1. The minimum Gasteiger partial charge on any atom is -0.468 e. The highest BCUT2D eigenvalue weighted by molar-refractivity contribution is 7.15. The van der Waals surface area contributed by atoms with Crippen LogP contribution in [0.5, 0.6) is 0 Å². The van der Waals surface area contributed by atoms with Crippen LogP contribution in [-0.4, -0.2) is 18.1 Å². The number of nitrogens with zero attached hydrogens (tertiary/aromatic N) is 1. The van der Waals surface area contributed by atoms with E-state index in [2.05, 4.69) is 21.6 Å². The first-order valence-corrected chi connectivity index (χ1v) is 6.81. The molecule has 1 aromatic carbocycles. The van der Waals surface area contributed by atoms with Gasteiger partial charge in [-0.1, -0.05) is 24.0 Å². The van der Waals surface area contributed by atoms with Crippen LogP contribution < -0.4 is 5.73 Å². The van der Waals surface area contributed by atoms with Crippen molar-refractivity contribution in [2.75, 3.05) is 12.8 Å². The van der Waals surface area contributed by atoms with Gasteiger partial charge in [0.2, 0.25) is 0 Å². The Morgan fingerprint density at radius 3 is 2.65 bits per heavy atom. The molecule has 0 aliphatic carbocycles. The lowest BCUT2D eigenvalue weighted by atomic mass is 10.1. The van der Waals surface area contributed by atoms with E-state index >= 15 is 0 Å². The Balaban J connectivity index is 2.14. The van der Waals surface area contributed by atoms with Crippen molar-refractivity contribution in [1.82, 2.24) is 4.98 Å². The second-order valence-corrected chi connectivity index (χ2v) is 5.32. The maximum atomic E-state index is 10.9. The summed E-state index contributed by atoms with van der Waals surface area (Å²) >= 11 is 1.48. The first-order valence-electron chi connectivity index (χ1n) is 5.99. The molecule has 0 fully saturated rings. The third kappa shape index (κ3) is 3.37. The summed E-state index contributed by atoms with van der Waals surface area (Å²) in [5.74, 6) is 5.35. The number of aromatic nitrogens is 1. The summed E-state index contributed by atoms with van der Waals surface area (Å²) in [6.07, 6.45) is 0.0972. The van der Waals surface area contributed by atoms with Gasteiger partial charge in [-0.2, -0.15) is 0 Å². The number of rotatable bonds is 2. The first kappa shape index (κ1) is 14.1. The lowest BCUT2D eigenvalue weighted by Crippen LogP contribution is -1.96. The summed E-state index contributed by atoms with van der Waals surface area (Å²) in [6.45, 7) is 1.99. The van der Waals surface area contributed by atoms with Gasteiger partial charge in [0.05, 0.1) is 12.8 Å². The summed E-state index contributed by atoms with van der Waals surface area (Å²) in [5.41, 5.74) is 8.45. The molecule has 0 aliphatic rings. The van der Waals surface area contributed by atoms with Crippen LogP contribution in [-0.2, 0) is 9.53 Å². The van der Waals surface area contributed by atoms with Crippen molar-refractivity contribution in [1.29, 1.82) is 0 Å². The smallest absolute Gasteiger partial charge is 0.317 e. The van der Waals surface area contributed by atoms with Gasteiger partial charge in [0.1, 0.15) is 6.42 Å². The quantitative estimate of drug-likeness (QED) is 0.681. The fourth-order valence-electron chi connectivity index (χ4n) is 1.69. The third-order valence-corrected chi connectivity index (χ3v) is 3.46. The van der Waals surface area contributed by atoms with Gasteiger partial charge in [-0.25, -0.2) is 4.98 Å². The Labute approximate surface area is 121 Å². The zero-order valence-corrected chi connectivity index (χ0v) is 12.1. The average molecular weight is 286 g/mol. The van der Waals surface area contributed by atoms with E-state index in [0.29, 0.717) is 5.13 Å². The highest BCUT2D eigenvalue weighted by atomic mass is 32.1. The molecule has 102 valence electrons. The SMILES string of the molecule is COC(=O)CC#Cc1ccc(-c2nc(N)sc2C)cc1. The van der Waals surface area contributed by atoms with Crippen molar-refractivity contribution < 1.29 is 9.53 Å². The number of esters is 1. The van der Waals surface area contributed by atoms with E-state index in [9.17, 15) is 4.79 Å². The van der Waals surface area contributed by atoms with E-state index in [-0.39, 0.29) is 12.4 Å². The molecular weight excluding hydrogens is 272 g/mol. The third-order valence-electron chi connectivity index (χ3n) is 2.66. The molecular formula is C15H14N2O2S. The number of aryl methyl sites for hydroxylation is 1. The van der Waals surface area contributed by atoms with Crippen LogP contribution in [0, 0.1) is 18.8 Å². The Kier molecular flexibility index (Phi) is 4.38. The number of anilines is 1. The fourth-order valence-corrected chi connectivity index (χ4v) is 2.40. The van der Waals surface area contributed by atoms with E-state index in [1.165, 1.54) is 18.4 Å². The number of thiazole rings is 1. The van der Waals surface area contributed by atoms with Crippen molar-refractivity contribution in [3.63, 3.8) is 0 Å². The molecule has 2 N–H and O–H groups in total. The lowest BCUT2D eigenvalue weighted by Gasteiger charge is -1.98. The van der Waals surface area contributed by atoms with Crippen LogP contribution in [0.4, 0.5) is 5.13 Å². The molecule has 0 saturated heterocycles. The number of nitrogen functional groups attached to an aromatic ring is 1. The summed E-state index contributed by atoms with van der Waals surface area (Å²) in [6, 6.07) is 7.69. The van der Waals surface area contributed by atoms with Gasteiger partial charge in [-0.3, -0.25) is 4.79 Å². The predicted molar refractivity (Wildman–Crippen MR) is 80.2 cm³/mol. The Hall–Kier alpha value is -2.32. The molecule has 0 atom stereocenters. The summed E-state index contributed by atoms with van der Waals surface area (Å²) in [4.78, 5) is 16.3. The molecule has 0 spiro atoms. The molecule has 0 aliphatic heterocycles. The zero-order chi connectivity index (χ0) is 14.5. The number of ether oxygens (including phenoxy) is 1. The fraction of sp³-hybridized carbons (Fsp3) is 0.200. The van der Waals surface area contributed by atoms with E-state index in [1.54, 1.807) is 0 Å². The van der Waals surface area contributed by atoms with Crippen LogP contribution in [0.3, 0.4) is 0 Å². The second kappa shape index (κ2) is 6.22. The minimum absolute atomic E-state index is 0.0972. The first-order chi connectivity index (χ1) is 9.60. The van der Waals surface area contributed by atoms with E-state index in [4.69, 9.17) is 5.73 Å². The van der Waals surface area contributed by atoms with E-state index in [0.717, 1.165) is 21.7 Å². The Bertz CT molecular complexity index is 678. The van der Waals surface area contributed by atoms with Gasteiger partial charge >= 0.3 is 5.97 Å². The molecule has 0 unspecified atom stereocenters. The molecule has 1 aromatic heterocycles. The van der Waals surface area contributed by atoms with E-state index in [1.807, 2.05) is 31.2 Å². The topological polar surface area (TPSA) is 65.2 Å². The number of carbonyl (C=O) groups is 1. The molecule has 0 bridgehead atoms. The molecule has 2 aromatic rings. The van der Waals surface area contributed by atoms with Gasteiger partial charge in [-0.15, -0.1) is 11.3 Å². The van der Waals surface area contributed by atoms with Crippen molar-refractivity contribution in [2.24, 2.45) is 0 Å². The number of methoxy groups -OCH3 is 1. The van der Waals surface area contributed by atoms with Gasteiger partial charge in [0.25, 0.3) is 0 Å². The molecule has 20 heavy (non-hydrogen) atoms. The van der Waals surface area contributed by atoms with Gasteiger partial charge in [-0.05, 0) is 19.1 Å². The van der Waals surface area contributed by atoms with Gasteiger partial charge in [0.15, 0.2) is 5.13 Å². The Morgan fingerprint density at radius 1 is 1.40 bits per heavy atom. The highest BCUT2D eigenvalue weighted by Gasteiger charge is 2.07. The monoisotopic (exact) mass is 286 g/mol. The molecule has 2 rings (SSSR count). The van der Waals surface area contributed by atoms with Crippen molar-refractivity contribution in [2.45, 2.75) is 13.3 Å². The summed E-state index contributed by atoms with van der Waals surface area (Å²) < 4.78 is 4.52. The lowest BCUT2D eigenvalue weighted by molar-refractivity contribution is -0.139. The summed E-state index contributed by atoms with van der Waals surface area (Å²) in [5, 5.41) is 0.569. The van der Waals surface area contributed by atoms with Gasteiger partial charge < -0.3 is 10.5 Å². The maximum absolute atomic E-state index is 10.9. The number of hydrogen-bond acceptors (Lipinski definition) is 5. The van der Waals surface area contributed by atoms with Crippen molar-refractivity contribution >= 4 is 22.4 Å². The number of hydrogen-bond donors (Lipinski definition) is 1. The van der Waals surface area contributed by atoms with Crippen LogP contribution in [0.2, 0.25) is 0 Å². The zero-order valence-electron chi connectivity index (χ0n) is 11.3. The summed E-state index contributed by atoms with van der Waals surface area (Å²) in [7, 11) is 1.35. The molecule has 5 heteroatoms. The molecule has 0 amide bonds.